The molecule has 0 saturated heterocycles. The van der Waals surface area contributed by atoms with E-state index < -0.39 is 35.1 Å². The number of hydrogen-bond acceptors (Lipinski definition) is 2. The molecule has 0 radical (unpaired) electrons. The highest BCUT2D eigenvalue weighted by molar-refractivity contribution is 5.95. The zero-order valence-electron chi connectivity index (χ0n) is 10.9. The van der Waals surface area contributed by atoms with E-state index >= 15 is 0 Å². The molecule has 0 aliphatic rings. The summed E-state index contributed by atoms with van der Waals surface area (Å²) in [6.45, 7) is 0. The van der Waals surface area contributed by atoms with Crippen LogP contribution in [-0.2, 0) is 11.2 Å². The Morgan fingerprint density at radius 2 is 1.67 bits per heavy atom. The van der Waals surface area contributed by atoms with Crippen LogP contribution in [0.4, 0.5) is 18.9 Å². The quantitative estimate of drug-likeness (QED) is 0.910. The van der Waals surface area contributed by atoms with Crippen LogP contribution in [0.25, 0.3) is 0 Å². The van der Waals surface area contributed by atoms with Crippen LogP contribution in [0.15, 0.2) is 42.5 Å². The Morgan fingerprint density at radius 1 is 1.10 bits per heavy atom. The molecule has 0 saturated carbocycles. The van der Waals surface area contributed by atoms with Crippen LogP contribution in [0, 0.1) is 17.5 Å². The van der Waals surface area contributed by atoms with E-state index in [0.717, 1.165) is 5.56 Å². The predicted octanol–water partition coefficient (Wildman–Crippen LogP) is 2.61. The smallest absolute Gasteiger partial charge is 0.241 e. The van der Waals surface area contributed by atoms with Gasteiger partial charge < -0.3 is 11.1 Å². The van der Waals surface area contributed by atoms with E-state index in [1.165, 1.54) is 0 Å². The fourth-order valence-electron chi connectivity index (χ4n) is 1.84. The summed E-state index contributed by atoms with van der Waals surface area (Å²) in [4.78, 5) is 11.8. The van der Waals surface area contributed by atoms with Gasteiger partial charge in [-0.25, -0.2) is 13.2 Å². The first-order valence-electron chi connectivity index (χ1n) is 6.22. The SMILES string of the molecule is N[C@@H](Cc1ccccc1)C(=O)Nc1c(F)cc(F)cc1F. The molecule has 0 bridgehead atoms. The standard InChI is InChI=1S/C15H13F3N2O/c16-10-7-11(17)14(12(18)8-10)20-15(21)13(19)6-9-4-2-1-3-5-9/h1-5,7-8,13H,6,19H2,(H,20,21)/t13-/m0/s1. The summed E-state index contributed by atoms with van der Waals surface area (Å²) in [5, 5.41) is 2.05. The van der Waals surface area contributed by atoms with Crippen LogP contribution in [0.5, 0.6) is 0 Å². The van der Waals surface area contributed by atoms with Crippen molar-refractivity contribution in [1.29, 1.82) is 0 Å². The minimum Gasteiger partial charge on any atom is -0.320 e. The van der Waals surface area contributed by atoms with E-state index in [4.69, 9.17) is 5.73 Å². The molecule has 0 aliphatic carbocycles. The van der Waals surface area contributed by atoms with Crippen LogP contribution in [-0.4, -0.2) is 11.9 Å². The second kappa shape index (κ2) is 6.41. The van der Waals surface area contributed by atoms with Gasteiger partial charge in [0, 0.05) is 12.1 Å². The summed E-state index contributed by atoms with van der Waals surface area (Å²) in [6.07, 6.45) is 0.219. The first-order valence-corrected chi connectivity index (χ1v) is 6.22. The second-order valence-corrected chi connectivity index (χ2v) is 4.53. The van der Waals surface area contributed by atoms with Crippen molar-refractivity contribution in [3.05, 3.63) is 65.5 Å². The number of nitrogens with two attached hydrogens (primary N) is 1. The number of nitrogens with one attached hydrogen (secondary N) is 1. The Labute approximate surface area is 119 Å². The molecule has 2 aromatic carbocycles. The number of carbonyl (C=O) groups is 1. The van der Waals surface area contributed by atoms with Gasteiger partial charge in [0.1, 0.15) is 11.5 Å². The van der Waals surface area contributed by atoms with Crippen molar-refractivity contribution in [2.45, 2.75) is 12.5 Å². The molecule has 1 amide bonds. The van der Waals surface area contributed by atoms with Crippen LogP contribution in [0.2, 0.25) is 0 Å². The molecule has 0 unspecified atom stereocenters. The molecule has 2 aromatic rings. The number of carbonyl (C=O) groups excluding carboxylic acids is 1. The highest BCUT2D eigenvalue weighted by Crippen LogP contribution is 2.20. The summed E-state index contributed by atoms with van der Waals surface area (Å²) >= 11 is 0. The number of amides is 1. The fraction of sp³-hybridized carbons (Fsp3) is 0.133. The van der Waals surface area contributed by atoms with Crippen LogP contribution < -0.4 is 11.1 Å². The molecule has 0 aliphatic heterocycles. The van der Waals surface area contributed by atoms with Gasteiger partial charge in [-0.05, 0) is 12.0 Å². The van der Waals surface area contributed by atoms with Crippen molar-refractivity contribution in [2.24, 2.45) is 5.73 Å². The lowest BCUT2D eigenvalue weighted by Gasteiger charge is -2.13. The van der Waals surface area contributed by atoms with Gasteiger partial charge in [-0.3, -0.25) is 4.79 Å². The highest BCUT2D eigenvalue weighted by atomic mass is 19.1. The van der Waals surface area contributed by atoms with Gasteiger partial charge in [0.05, 0.1) is 6.04 Å². The first kappa shape index (κ1) is 15.1. The van der Waals surface area contributed by atoms with Crippen molar-refractivity contribution in [3.8, 4) is 0 Å². The largest absolute Gasteiger partial charge is 0.320 e. The van der Waals surface area contributed by atoms with Gasteiger partial charge in [0.15, 0.2) is 11.6 Å². The topological polar surface area (TPSA) is 55.1 Å². The molecule has 3 nitrogen and oxygen atoms in total. The minimum atomic E-state index is -1.19. The average molecular weight is 294 g/mol. The molecule has 21 heavy (non-hydrogen) atoms. The van der Waals surface area contributed by atoms with Gasteiger partial charge in [-0.1, -0.05) is 30.3 Å². The third-order valence-corrected chi connectivity index (χ3v) is 2.89. The van der Waals surface area contributed by atoms with Gasteiger partial charge in [-0.2, -0.15) is 0 Å². The molecule has 0 spiro atoms. The van der Waals surface area contributed by atoms with Crippen molar-refractivity contribution in [3.63, 3.8) is 0 Å². The number of benzene rings is 2. The zero-order chi connectivity index (χ0) is 15.4. The van der Waals surface area contributed by atoms with Gasteiger partial charge in [0.2, 0.25) is 5.91 Å². The van der Waals surface area contributed by atoms with Gasteiger partial charge in [0.25, 0.3) is 0 Å². The fourth-order valence-corrected chi connectivity index (χ4v) is 1.84. The maximum absolute atomic E-state index is 13.4. The van der Waals surface area contributed by atoms with Crippen LogP contribution in [0.1, 0.15) is 5.56 Å². The average Bonchev–Trinajstić information content (AvgIpc) is 2.43. The highest BCUT2D eigenvalue weighted by Gasteiger charge is 2.19. The van der Waals surface area contributed by atoms with Crippen molar-refractivity contribution in [2.75, 3.05) is 5.32 Å². The third kappa shape index (κ3) is 3.82. The normalized spacial score (nSPS) is 12.0. The van der Waals surface area contributed by atoms with E-state index in [1.54, 1.807) is 24.3 Å². The Morgan fingerprint density at radius 3 is 2.24 bits per heavy atom. The van der Waals surface area contributed by atoms with Crippen LogP contribution >= 0.6 is 0 Å². The molecule has 1 atom stereocenters. The molecular weight excluding hydrogens is 281 g/mol. The van der Waals surface area contributed by atoms with E-state index in [9.17, 15) is 18.0 Å². The van der Waals surface area contributed by atoms with Crippen LogP contribution in [0.3, 0.4) is 0 Å². The summed E-state index contributed by atoms with van der Waals surface area (Å²) in [5.41, 5.74) is 5.81. The summed E-state index contributed by atoms with van der Waals surface area (Å²) in [7, 11) is 0. The summed E-state index contributed by atoms with van der Waals surface area (Å²) in [5.74, 6) is -4.18. The lowest BCUT2D eigenvalue weighted by Crippen LogP contribution is -2.37. The van der Waals surface area contributed by atoms with E-state index in [1.807, 2.05) is 11.4 Å². The molecule has 0 fully saturated rings. The minimum absolute atomic E-state index is 0.219. The Hall–Kier alpha value is -2.34. The first-order chi connectivity index (χ1) is 9.97. The van der Waals surface area contributed by atoms with E-state index in [-0.39, 0.29) is 6.42 Å². The number of halogens is 3. The van der Waals surface area contributed by atoms with Gasteiger partial charge in [-0.15, -0.1) is 0 Å². The van der Waals surface area contributed by atoms with E-state index in [0.29, 0.717) is 12.1 Å². The lowest BCUT2D eigenvalue weighted by molar-refractivity contribution is -0.117. The van der Waals surface area contributed by atoms with E-state index in [2.05, 4.69) is 0 Å². The van der Waals surface area contributed by atoms with Crippen molar-refractivity contribution >= 4 is 11.6 Å². The Balaban J connectivity index is 2.08. The number of anilines is 1. The Bertz CT molecular complexity index is 624. The zero-order valence-corrected chi connectivity index (χ0v) is 10.9. The lowest BCUT2D eigenvalue weighted by atomic mass is 10.1. The predicted molar refractivity (Wildman–Crippen MR) is 73.1 cm³/mol. The number of hydrogen-bond donors (Lipinski definition) is 2. The third-order valence-electron chi connectivity index (χ3n) is 2.89. The number of rotatable bonds is 4. The van der Waals surface area contributed by atoms with Crippen molar-refractivity contribution < 1.29 is 18.0 Å². The maximum Gasteiger partial charge on any atom is 0.241 e. The van der Waals surface area contributed by atoms with Crippen molar-refractivity contribution in [1.82, 2.24) is 0 Å². The molecule has 2 rings (SSSR count). The molecule has 0 heterocycles. The molecule has 110 valence electrons. The molecule has 3 N–H and O–H groups in total. The molecular formula is C15H13F3N2O. The second-order valence-electron chi connectivity index (χ2n) is 4.53. The summed E-state index contributed by atoms with van der Waals surface area (Å²) < 4.78 is 39.6. The monoisotopic (exact) mass is 294 g/mol. The maximum atomic E-state index is 13.4. The van der Waals surface area contributed by atoms with Gasteiger partial charge >= 0.3 is 0 Å². The Kier molecular flexibility index (Phi) is 4.59. The molecule has 6 heteroatoms. The summed E-state index contributed by atoms with van der Waals surface area (Å²) in [6, 6.07) is 8.97. The molecule has 0 aromatic heterocycles.